The van der Waals surface area contributed by atoms with Gasteiger partial charge in [-0.05, 0) is 6.42 Å². The lowest BCUT2D eigenvalue weighted by Crippen LogP contribution is -2.53. The minimum absolute atomic E-state index is 0.0751. The highest BCUT2D eigenvalue weighted by atomic mass is 16.7. The molecule has 0 aliphatic carbocycles. The largest absolute Gasteiger partial charge is 0.388 e. The summed E-state index contributed by atoms with van der Waals surface area (Å²) in [5.41, 5.74) is 0.642. The molecule has 0 radical (unpaired) electrons. The van der Waals surface area contributed by atoms with E-state index in [0.717, 1.165) is 13.0 Å². The number of rotatable bonds is 14. The van der Waals surface area contributed by atoms with Gasteiger partial charge in [0.15, 0.2) is 6.29 Å². The number of aryl methyl sites for hydroxylation is 1. The van der Waals surface area contributed by atoms with Gasteiger partial charge in [0.25, 0.3) is 0 Å². The van der Waals surface area contributed by atoms with Crippen LogP contribution in [0.15, 0.2) is 6.20 Å². The number of hydrogen-bond donors (Lipinski definition) is 3. The number of aromatic nitrogens is 3. The maximum atomic E-state index is 9.85. The summed E-state index contributed by atoms with van der Waals surface area (Å²) in [7, 11) is 0. The van der Waals surface area contributed by atoms with Crippen LogP contribution in [0.5, 0.6) is 0 Å². The van der Waals surface area contributed by atoms with Gasteiger partial charge in [-0.2, -0.15) is 0 Å². The Morgan fingerprint density at radius 1 is 1.00 bits per heavy atom. The minimum Gasteiger partial charge on any atom is -0.388 e. The fourth-order valence-corrected chi connectivity index (χ4v) is 3.37. The van der Waals surface area contributed by atoms with Gasteiger partial charge in [-0.3, -0.25) is 4.68 Å². The fourth-order valence-electron chi connectivity index (χ4n) is 3.37. The Bertz CT molecular complexity index is 528. The SMILES string of the molecule is CCCCCCCCCCCCn1cc(CO[C@@H]2OC[C@@H](O)[C@H](O)[C@H]2O)nn1. The van der Waals surface area contributed by atoms with Crippen LogP contribution in [0.25, 0.3) is 0 Å². The summed E-state index contributed by atoms with van der Waals surface area (Å²) in [4.78, 5) is 0. The Morgan fingerprint density at radius 3 is 2.32 bits per heavy atom. The molecule has 2 heterocycles. The van der Waals surface area contributed by atoms with Gasteiger partial charge in [-0.25, -0.2) is 0 Å². The summed E-state index contributed by atoms with van der Waals surface area (Å²) >= 11 is 0. The molecular formula is C20H37N3O5. The lowest BCUT2D eigenvalue weighted by molar-refractivity contribution is -0.273. The lowest BCUT2D eigenvalue weighted by atomic mass is 10.1. The van der Waals surface area contributed by atoms with E-state index in [4.69, 9.17) is 9.47 Å². The fraction of sp³-hybridized carbons (Fsp3) is 0.900. The van der Waals surface area contributed by atoms with Crippen LogP contribution in [0.4, 0.5) is 0 Å². The third kappa shape index (κ3) is 8.13. The summed E-state index contributed by atoms with van der Waals surface area (Å²) in [5.74, 6) is 0. The Morgan fingerprint density at radius 2 is 1.64 bits per heavy atom. The van der Waals surface area contributed by atoms with Gasteiger partial charge < -0.3 is 24.8 Å². The Kier molecular flexibility index (Phi) is 11.0. The zero-order chi connectivity index (χ0) is 20.2. The number of ether oxygens (including phenoxy) is 2. The van der Waals surface area contributed by atoms with Crippen LogP contribution in [0.2, 0.25) is 0 Å². The molecule has 4 atom stereocenters. The number of hydrogen-bond acceptors (Lipinski definition) is 7. The van der Waals surface area contributed by atoms with E-state index in [-0.39, 0.29) is 13.2 Å². The molecular weight excluding hydrogens is 362 g/mol. The third-order valence-corrected chi connectivity index (χ3v) is 5.18. The molecule has 8 nitrogen and oxygen atoms in total. The molecule has 1 aromatic heterocycles. The van der Waals surface area contributed by atoms with Crippen molar-refractivity contribution in [3.63, 3.8) is 0 Å². The minimum atomic E-state index is -1.29. The van der Waals surface area contributed by atoms with Crippen LogP contribution >= 0.6 is 0 Å². The van der Waals surface area contributed by atoms with Gasteiger partial charge in [0, 0.05) is 6.54 Å². The molecule has 0 aromatic carbocycles. The van der Waals surface area contributed by atoms with Crippen molar-refractivity contribution in [2.75, 3.05) is 6.61 Å². The zero-order valence-corrected chi connectivity index (χ0v) is 17.1. The van der Waals surface area contributed by atoms with Crippen LogP contribution in [0, 0.1) is 0 Å². The Hall–Kier alpha value is -1.06. The summed E-state index contributed by atoms with van der Waals surface area (Å²) in [6, 6.07) is 0. The maximum Gasteiger partial charge on any atom is 0.186 e. The highest BCUT2D eigenvalue weighted by Gasteiger charge is 2.38. The average molecular weight is 400 g/mol. The summed E-state index contributed by atoms with van der Waals surface area (Å²) < 4.78 is 12.5. The van der Waals surface area contributed by atoms with Crippen molar-refractivity contribution in [3.05, 3.63) is 11.9 Å². The lowest BCUT2D eigenvalue weighted by Gasteiger charge is -2.34. The molecule has 1 aliphatic heterocycles. The summed E-state index contributed by atoms with van der Waals surface area (Å²) in [6.07, 6.45) is 10.2. The first-order valence-corrected chi connectivity index (χ1v) is 10.8. The molecule has 0 bridgehead atoms. The van der Waals surface area contributed by atoms with Gasteiger partial charge in [-0.1, -0.05) is 69.9 Å². The normalized spacial score (nSPS) is 25.3. The molecule has 2 rings (SSSR count). The predicted molar refractivity (Wildman–Crippen MR) is 104 cm³/mol. The van der Waals surface area contributed by atoms with E-state index in [1.165, 1.54) is 57.8 Å². The van der Waals surface area contributed by atoms with Crippen molar-refractivity contribution < 1.29 is 24.8 Å². The van der Waals surface area contributed by atoms with Crippen molar-refractivity contribution in [2.45, 2.75) is 109 Å². The number of aliphatic hydroxyl groups is 3. The van der Waals surface area contributed by atoms with E-state index in [2.05, 4.69) is 17.2 Å². The number of aliphatic hydroxyl groups excluding tert-OH is 3. The average Bonchev–Trinajstić information content (AvgIpc) is 3.15. The molecule has 1 fully saturated rings. The van der Waals surface area contributed by atoms with Crippen LogP contribution in [-0.4, -0.2) is 61.5 Å². The van der Waals surface area contributed by atoms with Crippen molar-refractivity contribution in [1.82, 2.24) is 15.0 Å². The molecule has 0 saturated carbocycles. The first kappa shape index (κ1) is 23.2. The quantitative estimate of drug-likeness (QED) is 0.411. The molecule has 28 heavy (non-hydrogen) atoms. The smallest absolute Gasteiger partial charge is 0.186 e. The highest BCUT2D eigenvalue weighted by molar-refractivity contribution is 4.90. The van der Waals surface area contributed by atoms with E-state index in [0.29, 0.717) is 5.69 Å². The van der Waals surface area contributed by atoms with E-state index in [9.17, 15) is 15.3 Å². The standard InChI is InChI=1S/C20H37N3O5/c1-2-3-4-5-6-7-8-9-10-11-12-23-13-16(21-22-23)14-27-20-19(26)18(25)17(24)15-28-20/h13,17-20,24-26H,2-12,14-15H2,1H3/t17-,18+,19-,20-/m1/s1. The highest BCUT2D eigenvalue weighted by Crippen LogP contribution is 2.17. The Labute approximate surface area is 167 Å². The van der Waals surface area contributed by atoms with Crippen LogP contribution in [0.1, 0.15) is 76.8 Å². The molecule has 1 aromatic rings. The second-order valence-electron chi connectivity index (χ2n) is 7.72. The molecule has 162 valence electrons. The van der Waals surface area contributed by atoms with Gasteiger partial charge in [0.1, 0.15) is 24.0 Å². The topological polar surface area (TPSA) is 110 Å². The van der Waals surface area contributed by atoms with Gasteiger partial charge in [-0.15, -0.1) is 5.10 Å². The van der Waals surface area contributed by atoms with E-state index >= 15 is 0 Å². The summed E-state index contributed by atoms with van der Waals surface area (Å²) in [5, 5.41) is 37.1. The first-order valence-electron chi connectivity index (χ1n) is 10.8. The number of unbranched alkanes of at least 4 members (excludes halogenated alkanes) is 9. The first-order chi connectivity index (χ1) is 13.6. The second kappa shape index (κ2) is 13.2. The zero-order valence-electron chi connectivity index (χ0n) is 17.1. The number of nitrogens with zero attached hydrogens (tertiary/aromatic N) is 3. The van der Waals surface area contributed by atoms with Gasteiger partial charge in [0.05, 0.1) is 19.4 Å². The van der Waals surface area contributed by atoms with Crippen molar-refractivity contribution >= 4 is 0 Å². The van der Waals surface area contributed by atoms with Crippen LogP contribution < -0.4 is 0 Å². The molecule has 0 unspecified atom stereocenters. The maximum absolute atomic E-state index is 9.85. The molecule has 0 amide bonds. The Balaban J connectivity index is 1.53. The molecule has 0 spiro atoms. The monoisotopic (exact) mass is 399 g/mol. The molecule has 8 heteroatoms. The van der Waals surface area contributed by atoms with E-state index in [1.54, 1.807) is 4.68 Å². The molecule has 1 saturated heterocycles. The van der Waals surface area contributed by atoms with Crippen molar-refractivity contribution in [1.29, 1.82) is 0 Å². The van der Waals surface area contributed by atoms with Gasteiger partial charge in [0.2, 0.25) is 0 Å². The summed E-state index contributed by atoms with van der Waals surface area (Å²) in [6.45, 7) is 3.13. The third-order valence-electron chi connectivity index (χ3n) is 5.18. The van der Waals surface area contributed by atoms with Gasteiger partial charge >= 0.3 is 0 Å². The molecule has 3 N–H and O–H groups in total. The van der Waals surface area contributed by atoms with Crippen LogP contribution in [0.3, 0.4) is 0 Å². The van der Waals surface area contributed by atoms with Crippen LogP contribution in [-0.2, 0) is 22.6 Å². The van der Waals surface area contributed by atoms with Crippen molar-refractivity contribution in [2.24, 2.45) is 0 Å². The second-order valence-corrected chi connectivity index (χ2v) is 7.72. The van der Waals surface area contributed by atoms with E-state index < -0.39 is 24.6 Å². The predicted octanol–water partition coefficient (Wildman–Crippen LogP) is 2.15. The van der Waals surface area contributed by atoms with Crippen molar-refractivity contribution in [3.8, 4) is 0 Å². The van der Waals surface area contributed by atoms with E-state index in [1.807, 2.05) is 6.20 Å². The molecule has 1 aliphatic rings.